The number of aromatic nitrogens is 1. The summed E-state index contributed by atoms with van der Waals surface area (Å²) in [4.78, 5) is 21.1. The first-order valence-corrected chi connectivity index (χ1v) is 13.7. The van der Waals surface area contributed by atoms with Gasteiger partial charge >= 0.3 is 0 Å². The normalized spacial score (nSPS) is 18.8. The van der Waals surface area contributed by atoms with Crippen LogP contribution in [0, 0.1) is 17.2 Å². The first-order valence-electron chi connectivity index (χ1n) is 11.9. The molecule has 186 valence electrons. The van der Waals surface area contributed by atoms with E-state index in [4.69, 9.17) is 11.6 Å². The van der Waals surface area contributed by atoms with Gasteiger partial charge in [-0.15, -0.1) is 0 Å². The van der Waals surface area contributed by atoms with Gasteiger partial charge in [0, 0.05) is 49.3 Å². The molecule has 0 aliphatic carbocycles. The fourth-order valence-electron chi connectivity index (χ4n) is 5.13. The van der Waals surface area contributed by atoms with Gasteiger partial charge in [-0.2, -0.15) is 9.57 Å². The summed E-state index contributed by atoms with van der Waals surface area (Å²) >= 11 is 6.03. The monoisotopic (exact) mass is 523 g/mol. The van der Waals surface area contributed by atoms with Crippen LogP contribution in [0.3, 0.4) is 0 Å². The molecule has 8 nitrogen and oxygen atoms in total. The van der Waals surface area contributed by atoms with Gasteiger partial charge in [0.25, 0.3) is 0 Å². The summed E-state index contributed by atoms with van der Waals surface area (Å²) < 4.78 is 27.8. The lowest BCUT2D eigenvalue weighted by molar-refractivity contribution is -0.136. The summed E-state index contributed by atoms with van der Waals surface area (Å²) in [5.74, 6) is -0.284. The molecule has 2 aromatic carbocycles. The van der Waals surface area contributed by atoms with Crippen molar-refractivity contribution >= 4 is 44.0 Å². The van der Waals surface area contributed by atoms with Crippen molar-refractivity contribution in [1.82, 2.24) is 14.2 Å². The number of nitrogens with zero attached hydrogens (tertiary/aromatic N) is 5. The lowest BCUT2D eigenvalue weighted by Crippen LogP contribution is -2.57. The maximum Gasteiger partial charge on any atom is 0.243 e. The summed E-state index contributed by atoms with van der Waals surface area (Å²) in [5.41, 5.74) is 1.10. The highest BCUT2D eigenvalue weighted by molar-refractivity contribution is 7.89. The Hall–Kier alpha value is -3.19. The highest BCUT2D eigenvalue weighted by Crippen LogP contribution is 2.29. The number of rotatable bonds is 5. The van der Waals surface area contributed by atoms with Crippen LogP contribution in [0.25, 0.3) is 10.8 Å². The van der Waals surface area contributed by atoms with Crippen molar-refractivity contribution in [3.8, 4) is 6.07 Å². The molecule has 1 atom stereocenters. The van der Waals surface area contributed by atoms with Crippen molar-refractivity contribution in [3.63, 3.8) is 0 Å². The Morgan fingerprint density at radius 1 is 0.972 bits per heavy atom. The Morgan fingerprint density at radius 2 is 1.67 bits per heavy atom. The molecule has 2 saturated heterocycles. The van der Waals surface area contributed by atoms with Crippen molar-refractivity contribution in [1.29, 1.82) is 5.26 Å². The number of hydrogen-bond donors (Lipinski definition) is 0. The predicted octanol–water partition coefficient (Wildman–Crippen LogP) is 3.53. The van der Waals surface area contributed by atoms with Crippen LogP contribution in [-0.2, 0) is 14.8 Å². The van der Waals surface area contributed by atoms with E-state index in [0.717, 1.165) is 42.4 Å². The quantitative estimate of drug-likeness (QED) is 0.507. The van der Waals surface area contributed by atoms with Crippen molar-refractivity contribution in [2.45, 2.75) is 23.8 Å². The molecule has 0 spiro atoms. The molecule has 0 N–H and O–H groups in total. The zero-order valence-electron chi connectivity index (χ0n) is 19.6. The fraction of sp³-hybridized carbons (Fsp3) is 0.346. The molecule has 1 unspecified atom stereocenters. The minimum atomic E-state index is -3.86. The van der Waals surface area contributed by atoms with Gasteiger partial charge in [0.05, 0.1) is 17.5 Å². The number of piperidine rings is 1. The van der Waals surface area contributed by atoms with Crippen molar-refractivity contribution in [2.24, 2.45) is 5.92 Å². The summed E-state index contributed by atoms with van der Waals surface area (Å²) in [5, 5.41) is 12.1. The molecular weight excluding hydrogens is 498 g/mol. The topological polar surface area (TPSA) is 97.6 Å². The van der Waals surface area contributed by atoms with Crippen molar-refractivity contribution in [3.05, 3.63) is 65.9 Å². The van der Waals surface area contributed by atoms with E-state index in [1.165, 1.54) is 4.31 Å². The number of carbonyl (C=O) groups excluding carboxylic acids is 1. The number of carbonyl (C=O) groups is 1. The second-order valence-electron chi connectivity index (χ2n) is 9.18. The largest absolute Gasteiger partial charge is 0.371 e. The molecule has 10 heteroatoms. The van der Waals surface area contributed by atoms with Crippen LogP contribution >= 0.6 is 11.6 Å². The lowest BCUT2D eigenvalue weighted by atomic mass is 9.88. The van der Waals surface area contributed by atoms with Crippen LogP contribution in [0.2, 0.25) is 5.02 Å². The molecule has 2 aliphatic heterocycles. The molecule has 0 radical (unpaired) electrons. The van der Waals surface area contributed by atoms with Gasteiger partial charge in [0.1, 0.15) is 6.04 Å². The number of benzene rings is 2. The van der Waals surface area contributed by atoms with Crippen LogP contribution in [-0.4, -0.2) is 67.3 Å². The lowest BCUT2D eigenvalue weighted by Gasteiger charge is -2.41. The van der Waals surface area contributed by atoms with E-state index in [1.54, 1.807) is 53.7 Å². The number of anilines is 1. The summed E-state index contributed by atoms with van der Waals surface area (Å²) in [7, 11) is -3.86. The number of nitriles is 1. The summed E-state index contributed by atoms with van der Waals surface area (Å²) in [6, 6.07) is 15.8. The van der Waals surface area contributed by atoms with E-state index >= 15 is 0 Å². The Kier molecular flexibility index (Phi) is 6.84. The van der Waals surface area contributed by atoms with E-state index in [1.807, 2.05) is 12.1 Å². The van der Waals surface area contributed by atoms with Crippen molar-refractivity contribution in [2.75, 3.05) is 37.6 Å². The van der Waals surface area contributed by atoms with Crippen molar-refractivity contribution < 1.29 is 13.2 Å². The first-order chi connectivity index (χ1) is 17.4. The summed E-state index contributed by atoms with van der Waals surface area (Å²) in [6.07, 6.45) is 5.10. The molecule has 3 aromatic rings. The van der Waals surface area contributed by atoms with Crippen LogP contribution in [0.1, 0.15) is 12.8 Å². The summed E-state index contributed by atoms with van der Waals surface area (Å²) in [6.45, 7) is 1.67. The molecule has 2 fully saturated rings. The number of hydrogen-bond acceptors (Lipinski definition) is 6. The zero-order chi connectivity index (χ0) is 25.3. The Labute approximate surface area is 215 Å². The molecule has 1 aromatic heterocycles. The van der Waals surface area contributed by atoms with E-state index < -0.39 is 16.1 Å². The molecule has 2 aliphatic rings. The van der Waals surface area contributed by atoms with Gasteiger partial charge in [0.2, 0.25) is 15.9 Å². The Morgan fingerprint density at radius 3 is 2.36 bits per heavy atom. The van der Waals surface area contributed by atoms with Gasteiger partial charge in [-0.05, 0) is 65.9 Å². The minimum absolute atomic E-state index is 0.0486. The Balaban J connectivity index is 1.26. The number of pyridine rings is 1. The molecule has 36 heavy (non-hydrogen) atoms. The van der Waals surface area contributed by atoms with Gasteiger partial charge in [-0.3, -0.25) is 9.78 Å². The molecule has 5 rings (SSSR count). The third-order valence-corrected chi connectivity index (χ3v) is 9.19. The van der Waals surface area contributed by atoms with Crippen LogP contribution < -0.4 is 4.90 Å². The fourth-order valence-corrected chi connectivity index (χ4v) is 6.72. The minimum Gasteiger partial charge on any atom is -0.371 e. The predicted molar refractivity (Wildman–Crippen MR) is 138 cm³/mol. The number of piperazine rings is 1. The van der Waals surface area contributed by atoms with Crippen LogP contribution in [0.4, 0.5) is 5.69 Å². The highest BCUT2D eigenvalue weighted by atomic mass is 35.5. The van der Waals surface area contributed by atoms with E-state index in [9.17, 15) is 18.5 Å². The molecular formula is C26H26ClN5O3S. The zero-order valence-corrected chi connectivity index (χ0v) is 21.2. The second-order valence-corrected chi connectivity index (χ2v) is 11.6. The number of halogens is 1. The van der Waals surface area contributed by atoms with E-state index in [0.29, 0.717) is 5.02 Å². The van der Waals surface area contributed by atoms with Crippen LogP contribution in [0.5, 0.6) is 0 Å². The third-order valence-electron chi connectivity index (χ3n) is 7.12. The molecule has 3 heterocycles. The average Bonchev–Trinajstić information content (AvgIpc) is 2.90. The maximum atomic E-state index is 13.3. The smallest absolute Gasteiger partial charge is 0.243 e. The number of sulfonamides is 1. The van der Waals surface area contributed by atoms with Gasteiger partial charge in [0.15, 0.2) is 0 Å². The molecule has 0 saturated carbocycles. The van der Waals surface area contributed by atoms with Gasteiger partial charge in [-0.25, -0.2) is 8.42 Å². The molecule has 0 bridgehead atoms. The first kappa shape index (κ1) is 24.5. The SMILES string of the molecule is N#CC(C1CCN(c2ccncc2)CC1)N1CCN(S(=O)(=O)c2ccc3cc(Cl)ccc3c2)CC1=O. The number of fused-ring (bicyclic) bond motifs is 1. The Bertz CT molecular complexity index is 1420. The average molecular weight is 524 g/mol. The highest BCUT2D eigenvalue weighted by Gasteiger charge is 2.39. The van der Waals surface area contributed by atoms with E-state index in [-0.39, 0.29) is 36.4 Å². The van der Waals surface area contributed by atoms with Gasteiger partial charge < -0.3 is 9.80 Å². The second kappa shape index (κ2) is 10.1. The van der Waals surface area contributed by atoms with Crippen LogP contribution in [0.15, 0.2) is 65.8 Å². The molecule has 1 amide bonds. The maximum absolute atomic E-state index is 13.3. The van der Waals surface area contributed by atoms with Gasteiger partial charge in [-0.1, -0.05) is 23.7 Å². The third kappa shape index (κ3) is 4.76. The van der Waals surface area contributed by atoms with E-state index in [2.05, 4.69) is 16.0 Å². The number of amides is 1. The standard InChI is InChI=1S/C26H26ClN5O3S/c27-22-3-1-21-16-24(4-2-20(21)15-22)36(34,35)31-13-14-32(26(33)18-31)25(17-28)19-7-11-30(12-8-19)23-5-9-29-10-6-23/h1-6,9-10,15-16,19,25H,7-8,11-14,18H2.